The second-order valence-electron chi connectivity index (χ2n) is 15.0. The van der Waals surface area contributed by atoms with Crippen LogP contribution in [0.3, 0.4) is 0 Å². The lowest BCUT2D eigenvalue weighted by molar-refractivity contribution is -0.162. The molecule has 0 radical (unpaired) electrons. The summed E-state index contributed by atoms with van der Waals surface area (Å²) in [6.45, 7) is 10.5. The molecule has 0 spiro atoms. The third kappa shape index (κ3) is 10.1. The molecule has 3 N–H and O–H groups in total. The number of likely N-dealkylation sites (tertiary alicyclic amines) is 3. The number of hydrogen-bond acceptors (Lipinski definition) is 11. The molecule has 15 nitrogen and oxygen atoms in total. The molecule has 3 aliphatic heterocycles. The van der Waals surface area contributed by atoms with Crippen LogP contribution in [0.5, 0.6) is 0 Å². The van der Waals surface area contributed by atoms with Crippen molar-refractivity contribution in [3.8, 4) is 0 Å². The molecule has 15 heteroatoms. The average Bonchev–Trinajstić information content (AvgIpc) is 3.76. The number of rotatable bonds is 11. The Bertz CT molecular complexity index is 1500. The van der Waals surface area contributed by atoms with E-state index in [0.29, 0.717) is 57.2 Å². The Morgan fingerprint density at radius 3 is 2.21 bits per heavy atom. The minimum atomic E-state index is -1.38. The van der Waals surface area contributed by atoms with Gasteiger partial charge in [-0.05, 0) is 79.1 Å². The van der Waals surface area contributed by atoms with Crippen molar-refractivity contribution in [2.24, 2.45) is 11.7 Å². The first-order valence-corrected chi connectivity index (χ1v) is 18.1. The molecule has 1 aromatic rings. The van der Waals surface area contributed by atoms with Crippen LogP contribution in [0.2, 0.25) is 0 Å². The van der Waals surface area contributed by atoms with Gasteiger partial charge in [0.2, 0.25) is 17.7 Å². The maximum Gasteiger partial charge on any atom is 0.410 e. The number of benzene rings is 1. The van der Waals surface area contributed by atoms with Crippen LogP contribution in [0, 0.1) is 5.92 Å². The lowest BCUT2D eigenvalue weighted by Crippen LogP contribution is -2.59. The number of Topliss-reactive ketones (excluding diaryl/α,β-unsaturated/α-hetero) is 1. The third-order valence-electron chi connectivity index (χ3n) is 9.57. The van der Waals surface area contributed by atoms with E-state index in [2.05, 4.69) is 5.32 Å². The summed E-state index contributed by atoms with van der Waals surface area (Å²) in [5, 5.41) is 2.76. The molecule has 7 atom stereocenters. The Morgan fingerprint density at radius 1 is 0.885 bits per heavy atom. The van der Waals surface area contributed by atoms with Gasteiger partial charge >= 0.3 is 18.0 Å². The van der Waals surface area contributed by atoms with Crippen LogP contribution in [0.15, 0.2) is 30.3 Å². The minimum Gasteiger partial charge on any atom is -0.459 e. The van der Waals surface area contributed by atoms with Crippen LogP contribution in [-0.4, -0.2) is 124 Å². The molecule has 4 rings (SSSR count). The smallest absolute Gasteiger partial charge is 0.410 e. The first kappa shape index (κ1) is 40.2. The first-order chi connectivity index (χ1) is 24.5. The van der Waals surface area contributed by atoms with Crippen LogP contribution in [-0.2, 0) is 38.2 Å². The van der Waals surface area contributed by atoms with Gasteiger partial charge in [-0.1, -0.05) is 37.3 Å². The molecule has 1 aromatic carbocycles. The summed E-state index contributed by atoms with van der Waals surface area (Å²) in [4.78, 5) is 96.5. The van der Waals surface area contributed by atoms with Crippen LogP contribution >= 0.6 is 0 Å². The highest BCUT2D eigenvalue weighted by atomic mass is 16.6. The summed E-state index contributed by atoms with van der Waals surface area (Å²) in [6, 6.07) is 3.33. The van der Waals surface area contributed by atoms with Gasteiger partial charge in [0, 0.05) is 25.2 Å². The minimum absolute atomic E-state index is 0.0619. The Hall–Kier alpha value is -4.53. The van der Waals surface area contributed by atoms with Crippen molar-refractivity contribution in [1.82, 2.24) is 20.0 Å². The first-order valence-electron chi connectivity index (χ1n) is 18.1. The zero-order valence-electron chi connectivity index (χ0n) is 31.0. The van der Waals surface area contributed by atoms with Crippen molar-refractivity contribution in [2.75, 3.05) is 26.2 Å². The molecule has 3 heterocycles. The lowest BCUT2D eigenvalue weighted by Gasteiger charge is -2.38. The van der Waals surface area contributed by atoms with E-state index in [-0.39, 0.29) is 18.4 Å². The second kappa shape index (κ2) is 17.3. The topological polar surface area (TPSA) is 195 Å². The third-order valence-corrected chi connectivity index (χ3v) is 9.57. The molecule has 0 aliphatic carbocycles. The number of nitrogens with one attached hydrogen (secondary N) is 1. The number of nitrogens with zero attached hydrogens (tertiary/aromatic N) is 3. The van der Waals surface area contributed by atoms with Gasteiger partial charge in [0.1, 0.15) is 41.9 Å². The van der Waals surface area contributed by atoms with E-state index in [1.807, 2.05) is 6.92 Å². The van der Waals surface area contributed by atoms with Crippen molar-refractivity contribution < 1.29 is 47.8 Å². The largest absolute Gasteiger partial charge is 0.459 e. The van der Waals surface area contributed by atoms with Crippen molar-refractivity contribution >= 4 is 41.5 Å². The Labute approximate surface area is 304 Å². The van der Waals surface area contributed by atoms with E-state index in [1.165, 1.54) is 28.5 Å². The molecule has 7 unspecified atom stereocenters. The molecule has 3 saturated heterocycles. The fourth-order valence-electron chi connectivity index (χ4n) is 6.82. The molecule has 4 amide bonds. The van der Waals surface area contributed by atoms with E-state index in [9.17, 15) is 33.6 Å². The number of esters is 2. The maximum atomic E-state index is 13.8. The Balaban J connectivity index is 1.33. The van der Waals surface area contributed by atoms with Gasteiger partial charge in [0.05, 0.1) is 0 Å². The summed E-state index contributed by atoms with van der Waals surface area (Å²) < 4.78 is 16.1. The predicted molar refractivity (Wildman–Crippen MR) is 187 cm³/mol. The summed E-state index contributed by atoms with van der Waals surface area (Å²) in [7, 11) is 0. The van der Waals surface area contributed by atoms with Crippen molar-refractivity contribution in [2.45, 2.75) is 122 Å². The SMILES string of the molecule is CC1CC(C(=O)OC(C)C(N)C(=O)OCC(=O)c2ccccc2)N(C(=O)C(C)NC(=O)C2CCCCN2C(=O)C2CCCN2C(=O)OC(C)(C)C)C1. The Morgan fingerprint density at radius 2 is 1.54 bits per heavy atom. The van der Waals surface area contributed by atoms with E-state index in [1.54, 1.807) is 51.1 Å². The molecule has 0 saturated carbocycles. The summed E-state index contributed by atoms with van der Waals surface area (Å²) in [5.41, 5.74) is 5.65. The normalized spacial score (nSPS) is 23.6. The fourth-order valence-corrected chi connectivity index (χ4v) is 6.82. The number of ether oxygens (including phenoxy) is 3. The number of carbonyl (C=O) groups excluding carboxylic acids is 7. The van der Waals surface area contributed by atoms with Crippen LogP contribution in [0.1, 0.15) is 90.4 Å². The van der Waals surface area contributed by atoms with E-state index in [0.717, 1.165) is 0 Å². The zero-order valence-corrected chi connectivity index (χ0v) is 31.0. The summed E-state index contributed by atoms with van der Waals surface area (Å²) in [6.07, 6.45) is 1.50. The summed E-state index contributed by atoms with van der Waals surface area (Å²) in [5.74, 6) is -3.48. The summed E-state index contributed by atoms with van der Waals surface area (Å²) >= 11 is 0. The van der Waals surface area contributed by atoms with Crippen molar-refractivity contribution in [1.29, 1.82) is 0 Å². The molecule has 3 aliphatic rings. The van der Waals surface area contributed by atoms with Gasteiger partial charge in [-0.2, -0.15) is 0 Å². The van der Waals surface area contributed by atoms with E-state index < -0.39 is 84.2 Å². The molecule has 52 heavy (non-hydrogen) atoms. The number of ketones is 1. The highest BCUT2D eigenvalue weighted by molar-refractivity contribution is 5.98. The van der Waals surface area contributed by atoms with Gasteiger partial charge in [-0.25, -0.2) is 9.59 Å². The highest BCUT2D eigenvalue weighted by Crippen LogP contribution is 2.28. The van der Waals surface area contributed by atoms with Crippen molar-refractivity contribution in [3.63, 3.8) is 0 Å². The van der Waals surface area contributed by atoms with E-state index >= 15 is 0 Å². The number of nitrogens with two attached hydrogens (primary N) is 1. The van der Waals surface area contributed by atoms with Gasteiger partial charge in [-0.15, -0.1) is 0 Å². The monoisotopic (exact) mass is 727 g/mol. The van der Waals surface area contributed by atoms with Gasteiger partial charge in [-0.3, -0.25) is 28.9 Å². The highest BCUT2D eigenvalue weighted by Gasteiger charge is 2.45. The van der Waals surface area contributed by atoms with Crippen molar-refractivity contribution in [3.05, 3.63) is 35.9 Å². The molecular formula is C37H53N5O10. The van der Waals surface area contributed by atoms with Gasteiger partial charge < -0.3 is 35.1 Å². The number of carbonyl (C=O) groups is 7. The lowest BCUT2D eigenvalue weighted by atomic mass is 9.99. The van der Waals surface area contributed by atoms with Crippen LogP contribution in [0.25, 0.3) is 0 Å². The Kier molecular flexibility index (Phi) is 13.4. The average molecular weight is 728 g/mol. The second-order valence-corrected chi connectivity index (χ2v) is 15.0. The molecule has 286 valence electrons. The standard InChI is InChI=1S/C37H53N5O10/c1-22-19-28(34(47)51-24(3)30(38)35(48)50-21-29(43)25-13-8-7-9-14-25)42(20-22)32(45)23(2)39-31(44)26-15-10-11-17-40(26)33(46)27-16-12-18-41(27)36(49)52-37(4,5)6/h7-9,13-14,22-24,26-28,30H,10-12,15-21,38H2,1-6H3,(H,39,44). The zero-order chi connectivity index (χ0) is 38.3. The number of hydrogen-bond donors (Lipinski definition) is 2. The van der Waals surface area contributed by atoms with Gasteiger partial charge in [0.25, 0.3) is 0 Å². The van der Waals surface area contributed by atoms with Crippen LogP contribution < -0.4 is 11.1 Å². The molecular weight excluding hydrogens is 674 g/mol. The number of piperidine rings is 1. The van der Waals surface area contributed by atoms with Crippen LogP contribution in [0.4, 0.5) is 4.79 Å². The predicted octanol–water partition coefficient (Wildman–Crippen LogP) is 2.19. The molecule has 0 bridgehead atoms. The quantitative estimate of drug-likeness (QED) is 0.193. The molecule has 0 aromatic heterocycles. The maximum absolute atomic E-state index is 13.8. The number of amides is 4. The van der Waals surface area contributed by atoms with E-state index in [4.69, 9.17) is 19.9 Å². The van der Waals surface area contributed by atoms with Gasteiger partial charge in [0.15, 0.2) is 12.4 Å². The fraction of sp³-hybridized carbons (Fsp3) is 0.649. The molecule has 3 fully saturated rings.